The number of unbranched alkanes of at least 4 members (excludes halogenated alkanes) is 24. The van der Waals surface area contributed by atoms with Gasteiger partial charge in [0.05, 0.1) is 12.7 Å². The molecule has 0 aromatic carbocycles. The summed E-state index contributed by atoms with van der Waals surface area (Å²) in [5.74, 6) is 0.151. The van der Waals surface area contributed by atoms with Crippen LogP contribution in [0.4, 0.5) is 0 Å². The van der Waals surface area contributed by atoms with Gasteiger partial charge in [-0.05, 0) is 103 Å². The second-order valence-electron chi connectivity index (χ2n) is 15.9. The molecule has 1 amide bonds. The number of nitrogens with zero attached hydrogens (tertiary/aromatic N) is 1. The van der Waals surface area contributed by atoms with E-state index in [0.29, 0.717) is 19.6 Å². The Morgan fingerprint density at radius 1 is 0.558 bits per heavy atom. The van der Waals surface area contributed by atoms with Crippen molar-refractivity contribution in [3.8, 4) is 0 Å². The van der Waals surface area contributed by atoms with Crippen LogP contribution in [0.3, 0.4) is 0 Å². The number of amides is 1. The fraction of sp³-hybridized carbons (Fsp3) is 0.894. The molecule has 0 aromatic heterocycles. The first-order valence-electron chi connectivity index (χ1n) is 23.2. The number of allylic oxidation sites excluding steroid dienone is 4. The van der Waals surface area contributed by atoms with Crippen LogP contribution in [0.5, 0.6) is 0 Å². The van der Waals surface area contributed by atoms with Crippen molar-refractivity contribution >= 4 is 5.91 Å². The summed E-state index contributed by atoms with van der Waals surface area (Å²) in [4.78, 5) is 15.0. The van der Waals surface area contributed by atoms with E-state index in [1.807, 2.05) is 0 Å². The molecule has 0 radical (unpaired) electrons. The second kappa shape index (κ2) is 41.0. The molecule has 306 valence electrons. The SMILES string of the molecule is CCCCCCCCC=CCCCCCCCCOCC(CNC(=O)CCCN1CCCC1)OCCCCCCCCC=CCCCCCCCC. The third kappa shape index (κ3) is 35.8. The zero-order valence-electron chi connectivity index (χ0n) is 35.1. The van der Waals surface area contributed by atoms with Gasteiger partial charge in [0.25, 0.3) is 0 Å². The van der Waals surface area contributed by atoms with Crippen LogP contribution in [0.15, 0.2) is 24.3 Å². The zero-order valence-corrected chi connectivity index (χ0v) is 35.1. The van der Waals surface area contributed by atoms with Crippen LogP contribution in [-0.2, 0) is 14.3 Å². The molecule has 5 nitrogen and oxygen atoms in total. The van der Waals surface area contributed by atoms with E-state index >= 15 is 0 Å². The van der Waals surface area contributed by atoms with Crippen molar-refractivity contribution in [2.45, 2.75) is 225 Å². The Morgan fingerprint density at radius 2 is 0.981 bits per heavy atom. The van der Waals surface area contributed by atoms with Crippen molar-refractivity contribution < 1.29 is 14.3 Å². The van der Waals surface area contributed by atoms with Crippen LogP contribution >= 0.6 is 0 Å². The Labute approximate surface area is 325 Å². The number of carbonyl (C=O) groups is 1. The minimum absolute atomic E-state index is 0.0558. The smallest absolute Gasteiger partial charge is 0.220 e. The predicted molar refractivity (Wildman–Crippen MR) is 227 cm³/mol. The summed E-state index contributed by atoms with van der Waals surface area (Å²) in [5.41, 5.74) is 0. The Hall–Kier alpha value is -1.17. The Bertz CT molecular complexity index is 779. The first-order chi connectivity index (χ1) is 25.8. The fourth-order valence-electron chi connectivity index (χ4n) is 7.22. The summed E-state index contributed by atoms with van der Waals surface area (Å²) < 4.78 is 12.3. The van der Waals surface area contributed by atoms with Crippen LogP contribution in [0.2, 0.25) is 0 Å². The van der Waals surface area contributed by atoms with Gasteiger partial charge in [-0.25, -0.2) is 0 Å². The first-order valence-corrected chi connectivity index (χ1v) is 23.2. The highest BCUT2D eigenvalue weighted by Crippen LogP contribution is 2.13. The van der Waals surface area contributed by atoms with Crippen molar-refractivity contribution in [3.05, 3.63) is 24.3 Å². The highest BCUT2D eigenvalue weighted by molar-refractivity contribution is 5.75. The van der Waals surface area contributed by atoms with Crippen LogP contribution in [0.25, 0.3) is 0 Å². The summed E-state index contributed by atoms with van der Waals surface area (Å²) in [7, 11) is 0. The Morgan fingerprint density at radius 3 is 1.46 bits per heavy atom. The maximum absolute atomic E-state index is 12.6. The molecule has 1 unspecified atom stereocenters. The van der Waals surface area contributed by atoms with E-state index in [1.165, 1.54) is 193 Å². The van der Waals surface area contributed by atoms with Crippen molar-refractivity contribution in [2.75, 3.05) is 46.0 Å². The van der Waals surface area contributed by atoms with Gasteiger partial charge < -0.3 is 19.7 Å². The number of carbonyl (C=O) groups excluding carboxylic acids is 1. The molecule has 0 aliphatic carbocycles. The maximum atomic E-state index is 12.6. The normalized spacial score (nSPS) is 14.3. The average molecular weight is 731 g/mol. The Balaban J connectivity index is 2.10. The molecular weight excluding hydrogens is 641 g/mol. The molecule has 52 heavy (non-hydrogen) atoms. The predicted octanol–water partition coefficient (Wildman–Crippen LogP) is 13.5. The van der Waals surface area contributed by atoms with E-state index in [1.54, 1.807) is 0 Å². The van der Waals surface area contributed by atoms with Gasteiger partial charge >= 0.3 is 0 Å². The van der Waals surface area contributed by atoms with E-state index in [4.69, 9.17) is 9.47 Å². The summed E-state index contributed by atoms with van der Waals surface area (Å²) in [6.45, 7) is 10.7. The molecule has 1 rings (SSSR count). The third-order valence-corrected chi connectivity index (χ3v) is 10.7. The lowest BCUT2D eigenvalue weighted by atomic mass is 10.1. The molecule has 1 fully saturated rings. The summed E-state index contributed by atoms with van der Waals surface area (Å²) in [6, 6.07) is 0. The van der Waals surface area contributed by atoms with E-state index in [-0.39, 0.29) is 12.0 Å². The van der Waals surface area contributed by atoms with E-state index < -0.39 is 0 Å². The molecule has 0 bridgehead atoms. The number of ether oxygens (including phenoxy) is 2. The summed E-state index contributed by atoms with van der Waals surface area (Å²) >= 11 is 0. The number of likely N-dealkylation sites (tertiary alicyclic amines) is 1. The molecule has 0 saturated carbocycles. The minimum atomic E-state index is -0.0558. The molecule has 1 N–H and O–H groups in total. The largest absolute Gasteiger partial charge is 0.379 e. The molecule has 1 aliphatic heterocycles. The van der Waals surface area contributed by atoms with Gasteiger partial charge in [-0.1, -0.05) is 154 Å². The average Bonchev–Trinajstić information content (AvgIpc) is 3.68. The molecule has 1 saturated heterocycles. The van der Waals surface area contributed by atoms with E-state index in [9.17, 15) is 4.79 Å². The van der Waals surface area contributed by atoms with Gasteiger partial charge in [0.15, 0.2) is 0 Å². The summed E-state index contributed by atoms with van der Waals surface area (Å²) in [5, 5.41) is 3.15. The number of hydrogen-bond acceptors (Lipinski definition) is 4. The van der Waals surface area contributed by atoms with Gasteiger partial charge in [0.2, 0.25) is 5.91 Å². The monoisotopic (exact) mass is 731 g/mol. The quantitative estimate of drug-likeness (QED) is 0.0503. The van der Waals surface area contributed by atoms with Gasteiger partial charge in [-0.15, -0.1) is 0 Å². The highest BCUT2D eigenvalue weighted by atomic mass is 16.5. The standard InChI is InChI=1S/C47H90N2O3/c1-3-5-7-9-11-13-15-17-19-21-23-25-27-29-31-35-42-51-45-46(44-48-47(50)38-37-41-49-39-33-34-40-49)52-43-36-32-30-28-26-24-22-20-18-16-14-12-10-8-6-4-2/h17-20,46H,3-16,21-45H2,1-2H3,(H,48,50). The van der Waals surface area contributed by atoms with Gasteiger partial charge in [0, 0.05) is 26.2 Å². The summed E-state index contributed by atoms with van der Waals surface area (Å²) in [6.07, 6.45) is 50.6. The van der Waals surface area contributed by atoms with Crippen LogP contribution in [-0.4, -0.2) is 62.9 Å². The topological polar surface area (TPSA) is 50.8 Å². The molecule has 1 aliphatic rings. The second-order valence-corrected chi connectivity index (χ2v) is 15.9. The fourth-order valence-corrected chi connectivity index (χ4v) is 7.22. The van der Waals surface area contributed by atoms with E-state index in [0.717, 1.165) is 39.0 Å². The highest BCUT2D eigenvalue weighted by Gasteiger charge is 2.14. The van der Waals surface area contributed by atoms with Gasteiger partial charge in [-0.2, -0.15) is 0 Å². The van der Waals surface area contributed by atoms with E-state index in [2.05, 4.69) is 48.4 Å². The van der Waals surface area contributed by atoms with Crippen molar-refractivity contribution in [1.82, 2.24) is 10.2 Å². The van der Waals surface area contributed by atoms with Gasteiger partial charge in [-0.3, -0.25) is 4.79 Å². The number of hydrogen-bond donors (Lipinski definition) is 1. The van der Waals surface area contributed by atoms with Crippen molar-refractivity contribution in [1.29, 1.82) is 0 Å². The molecule has 1 atom stereocenters. The molecule has 0 aromatic rings. The zero-order chi connectivity index (χ0) is 37.3. The van der Waals surface area contributed by atoms with Gasteiger partial charge in [0.1, 0.15) is 0 Å². The van der Waals surface area contributed by atoms with Crippen molar-refractivity contribution in [2.24, 2.45) is 0 Å². The lowest BCUT2D eigenvalue weighted by Crippen LogP contribution is -2.37. The molecular formula is C47H90N2O3. The number of nitrogens with one attached hydrogen (secondary N) is 1. The Kier molecular flexibility index (Phi) is 38.5. The lowest BCUT2D eigenvalue weighted by Gasteiger charge is -2.19. The molecule has 0 spiro atoms. The first kappa shape index (κ1) is 48.8. The van der Waals surface area contributed by atoms with Crippen LogP contribution < -0.4 is 5.32 Å². The number of rotatable bonds is 41. The molecule has 5 heteroatoms. The maximum Gasteiger partial charge on any atom is 0.220 e. The third-order valence-electron chi connectivity index (χ3n) is 10.7. The van der Waals surface area contributed by atoms with Crippen molar-refractivity contribution in [3.63, 3.8) is 0 Å². The molecule has 1 heterocycles. The lowest BCUT2D eigenvalue weighted by molar-refractivity contribution is -0.122. The minimum Gasteiger partial charge on any atom is -0.379 e. The van der Waals surface area contributed by atoms with Crippen LogP contribution in [0, 0.1) is 0 Å². The van der Waals surface area contributed by atoms with Crippen LogP contribution in [0.1, 0.15) is 219 Å².